The summed E-state index contributed by atoms with van der Waals surface area (Å²) in [6.45, 7) is 3.69. The summed E-state index contributed by atoms with van der Waals surface area (Å²) in [5.74, 6) is -1.60. The van der Waals surface area contributed by atoms with Gasteiger partial charge in [-0.15, -0.1) is 0 Å². The highest BCUT2D eigenvalue weighted by Crippen LogP contribution is 2.46. The Labute approximate surface area is 84.8 Å². The van der Waals surface area contributed by atoms with Gasteiger partial charge in [-0.05, 0) is 0 Å². The van der Waals surface area contributed by atoms with E-state index < -0.39 is 30.3 Å². The predicted octanol–water partition coefficient (Wildman–Crippen LogP) is 1.68. The molecule has 0 aromatic carbocycles. The molecule has 1 fully saturated rings. The summed E-state index contributed by atoms with van der Waals surface area (Å²) < 4.78 is 46.8. The Hall–Kier alpha value is -1.04. The van der Waals surface area contributed by atoms with Gasteiger partial charge in [0.05, 0.1) is 6.61 Å². The number of halogens is 3. The number of rotatable bonds is 3. The van der Waals surface area contributed by atoms with Gasteiger partial charge < -0.3 is 9.47 Å². The first-order valence-corrected chi connectivity index (χ1v) is 4.33. The molecule has 0 radical (unpaired) electrons. The van der Waals surface area contributed by atoms with E-state index in [1.165, 1.54) is 6.92 Å². The van der Waals surface area contributed by atoms with Crippen molar-refractivity contribution in [1.82, 2.24) is 0 Å². The van der Waals surface area contributed by atoms with Gasteiger partial charge in [0, 0.05) is 12.0 Å². The lowest BCUT2D eigenvalue weighted by Gasteiger charge is -2.47. The molecule has 0 N–H and O–H groups in total. The molecule has 86 valence electrons. The summed E-state index contributed by atoms with van der Waals surface area (Å²) in [7, 11) is 0. The van der Waals surface area contributed by atoms with E-state index in [1.807, 2.05) is 0 Å². The van der Waals surface area contributed by atoms with E-state index >= 15 is 0 Å². The Morgan fingerprint density at radius 1 is 1.73 bits per heavy atom. The molecule has 0 aliphatic carbocycles. The Bertz CT molecular complexity index is 274. The third-order valence-electron chi connectivity index (χ3n) is 2.46. The molecule has 1 saturated heterocycles. The second kappa shape index (κ2) is 3.84. The van der Waals surface area contributed by atoms with Gasteiger partial charge >= 0.3 is 12.1 Å². The van der Waals surface area contributed by atoms with Crippen LogP contribution < -0.4 is 0 Å². The molecule has 1 aliphatic heterocycles. The number of hydrogen-bond donors (Lipinski definition) is 0. The highest BCUT2D eigenvalue weighted by Gasteiger charge is 2.65. The molecule has 0 amide bonds. The molecular weight excluding hydrogens is 213 g/mol. The van der Waals surface area contributed by atoms with Gasteiger partial charge in [0.25, 0.3) is 0 Å². The lowest BCUT2D eigenvalue weighted by Crippen LogP contribution is -2.65. The van der Waals surface area contributed by atoms with Crippen molar-refractivity contribution in [3.05, 3.63) is 12.7 Å². The van der Waals surface area contributed by atoms with Crippen molar-refractivity contribution in [2.24, 2.45) is 5.92 Å². The summed E-state index contributed by atoms with van der Waals surface area (Å²) in [6, 6.07) is 0. The topological polar surface area (TPSA) is 35.5 Å². The number of hydrogen-bond acceptors (Lipinski definition) is 3. The summed E-state index contributed by atoms with van der Waals surface area (Å²) in [5, 5.41) is 0. The molecule has 0 aromatic rings. The maximum Gasteiger partial charge on any atom is 0.421 e. The molecule has 15 heavy (non-hydrogen) atoms. The Morgan fingerprint density at radius 2 is 2.33 bits per heavy atom. The fraction of sp³-hybridized carbons (Fsp3) is 0.667. The number of esters is 1. The largest absolute Gasteiger partial charge is 0.459 e. The zero-order valence-corrected chi connectivity index (χ0v) is 8.13. The van der Waals surface area contributed by atoms with Crippen LogP contribution in [0.1, 0.15) is 6.92 Å². The van der Waals surface area contributed by atoms with Gasteiger partial charge in [-0.3, -0.25) is 0 Å². The first-order chi connectivity index (χ1) is 6.83. The smallest absolute Gasteiger partial charge is 0.421 e. The molecule has 0 saturated carbocycles. The highest BCUT2D eigenvalue weighted by atomic mass is 19.4. The van der Waals surface area contributed by atoms with Gasteiger partial charge in [0.1, 0.15) is 6.61 Å². The molecule has 1 heterocycles. The number of ether oxygens (including phenoxy) is 2. The molecule has 6 heteroatoms. The van der Waals surface area contributed by atoms with Crippen LogP contribution in [0.4, 0.5) is 13.2 Å². The van der Waals surface area contributed by atoms with Crippen molar-refractivity contribution >= 4 is 5.97 Å². The quantitative estimate of drug-likeness (QED) is 0.540. The first kappa shape index (κ1) is 12.0. The predicted molar refractivity (Wildman–Crippen MR) is 45.1 cm³/mol. The van der Waals surface area contributed by atoms with Gasteiger partial charge in [-0.25, -0.2) is 4.79 Å². The van der Waals surface area contributed by atoms with Crippen LogP contribution in [-0.4, -0.2) is 31.0 Å². The lowest BCUT2D eigenvalue weighted by atomic mass is 9.84. The Balaban J connectivity index is 2.68. The molecule has 0 spiro atoms. The second-order valence-corrected chi connectivity index (χ2v) is 3.41. The lowest BCUT2D eigenvalue weighted by molar-refractivity contribution is -0.360. The Morgan fingerprint density at radius 3 is 2.60 bits per heavy atom. The van der Waals surface area contributed by atoms with Crippen molar-refractivity contribution in [2.45, 2.75) is 18.7 Å². The molecule has 0 aromatic heterocycles. The average molecular weight is 224 g/mol. The molecule has 0 bridgehead atoms. The highest BCUT2D eigenvalue weighted by molar-refractivity contribution is 5.81. The van der Waals surface area contributed by atoms with Crippen molar-refractivity contribution < 1.29 is 27.4 Å². The van der Waals surface area contributed by atoms with E-state index in [4.69, 9.17) is 0 Å². The monoisotopic (exact) mass is 224 g/mol. The number of carbonyl (C=O) groups is 1. The molecule has 1 aliphatic rings. The van der Waals surface area contributed by atoms with E-state index in [0.29, 0.717) is 0 Å². The SMILES string of the molecule is C=CC(=O)OCC1(C(F)(F)F)OCC1C. The summed E-state index contributed by atoms with van der Waals surface area (Å²) in [5.41, 5.74) is -2.34. The van der Waals surface area contributed by atoms with Crippen LogP contribution in [0, 0.1) is 5.92 Å². The van der Waals surface area contributed by atoms with E-state index in [-0.39, 0.29) is 6.61 Å². The molecule has 1 rings (SSSR count). The summed E-state index contributed by atoms with van der Waals surface area (Å²) in [6.07, 6.45) is -3.72. The standard InChI is InChI=1S/C9H11F3O3/c1-3-7(13)14-5-8(9(10,11)12)6(2)4-15-8/h3,6H,1,4-5H2,2H3. The zero-order chi connectivity index (χ0) is 11.7. The number of alkyl halides is 3. The van der Waals surface area contributed by atoms with Crippen LogP contribution in [0.3, 0.4) is 0 Å². The third kappa shape index (κ3) is 1.99. The number of carbonyl (C=O) groups excluding carboxylic acids is 1. The maximum absolute atomic E-state index is 12.6. The van der Waals surface area contributed by atoms with Crippen LogP contribution in [-0.2, 0) is 14.3 Å². The second-order valence-electron chi connectivity index (χ2n) is 3.41. The van der Waals surface area contributed by atoms with Crippen LogP contribution in [0.5, 0.6) is 0 Å². The van der Waals surface area contributed by atoms with Crippen LogP contribution in [0.15, 0.2) is 12.7 Å². The normalized spacial score (nSPS) is 30.5. The van der Waals surface area contributed by atoms with Gasteiger partial charge in [-0.1, -0.05) is 13.5 Å². The van der Waals surface area contributed by atoms with Crippen molar-refractivity contribution in [3.8, 4) is 0 Å². The van der Waals surface area contributed by atoms with Gasteiger partial charge in [0.15, 0.2) is 0 Å². The van der Waals surface area contributed by atoms with Gasteiger partial charge in [0.2, 0.25) is 5.60 Å². The van der Waals surface area contributed by atoms with Crippen LogP contribution in [0.25, 0.3) is 0 Å². The first-order valence-electron chi connectivity index (χ1n) is 4.33. The molecular formula is C9H11F3O3. The average Bonchev–Trinajstić information content (AvgIpc) is 2.13. The molecule has 2 unspecified atom stereocenters. The minimum atomic E-state index is -4.54. The fourth-order valence-corrected chi connectivity index (χ4v) is 1.32. The minimum Gasteiger partial charge on any atom is -0.459 e. The van der Waals surface area contributed by atoms with E-state index in [1.54, 1.807) is 0 Å². The van der Waals surface area contributed by atoms with Crippen molar-refractivity contribution in [2.75, 3.05) is 13.2 Å². The molecule has 3 nitrogen and oxygen atoms in total. The zero-order valence-electron chi connectivity index (χ0n) is 8.13. The summed E-state index contributed by atoms with van der Waals surface area (Å²) in [4.78, 5) is 10.7. The minimum absolute atomic E-state index is 0.0190. The van der Waals surface area contributed by atoms with E-state index in [9.17, 15) is 18.0 Å². The van der Waals surface area contributed by atoms with Gasteiger partial charge in [-0.2, -0.15) is 13.2 Å². The maximum atomic E-state index is 12.6. The molecule has 2 atom stereocenters. The Kier molecular flexibility index (Phi) is 3.08. The summed E-state index contributed by atoms with van der Waals surface area (Å²) >= 11 is 0. The van der Waals surface area contributed by atoms with Crippen LogP contribution >= 0.6 is 0 Å². The van der Waals surface area contributed by atoms with E-state index in [2.05, 4.69) is 16.1 Å². The fourth-order valence-electron chi connectivity index (χ4n) is 1.32. The van der Waals surface area contributed by atoms with Crippen molar-refractivity contribution in [1.29, 1.82) is 0 Å². The third-order valence-corrected chi connectivity index (χ3v) is 2.46. The van der Waals surface area contributed by atoms with E-state index in [0.717, 1.165) is 6.08 Å². The van der Waals surface area contributed by atoms with Crippen molar-refractivity contribution in [3.63, 3.8) is 0 Å². The van der Waals surface area contributed by atoms with Crippen LogP contribution in [0.2, 0.25) is 0 Å².